The summed E-state index contributed by atoms with van der Waals surface area (Å²) < 4.78 is 77.1. The van der Waals surface area contributed by atoms with Crippen molar-refractivity contribution in [1.29, 1.82) is 0 Å². The molecule has 41 heavy (non-hydrogen) atoms. The van der Waals surface area contributed by atoms with Crippen LogP contribution in [0.15, 0.2) is 56.8 Å². The average Bonchev–Trinajstić information content (AvgIpc) is 3.21. The molecule has 220 valence electrons. The van der Waals surface area contributed by atoms with E-state index in [0.717, 1.165) is 18.5 Å². The molecule has 0 spiro atoms. The predicted octanol–water partition coefficient (Wildman–Crippen LogP) is 5.96. The van der Waals surface area contributed by atoms with Gasteiger partial charge in [-0.3, -0.25) is 19.4 Å². The monoisotopic (exact) mass is 688 g/mol. The van der Waals surface area contributed by atoms with Gasteiger partial charge in [0.1, 0.15) is 21.7 Å². The summed E-state index contributed by atoms with van der Waals surface area (Å²) in [6.45, 7) is 6.11. The number of hydrogen-bond donors (Lipinski definition) is 2. The van der Waals surface area contributed by atoms with E-state index in [1.54, 1.807) is 0 Å². The van der Waals surface area contributed by atoms with Gasteiger partial charge in [-0.05, 0) is 41.9 Å². The van der Waals surface area contributed by atoms with Crippen molar-refractivity contribution in [3.8, 4) is 0 Å². The Kier molecular flexibility index (Phi) is 9.30. The van der Waals surface area contributed by atoms with Gasteiger partial charge in [-0.2, -0.15) is 26.3 Å². The highest BCUT2D eigenvalue weighted by Gasteiger charge is 2.41. The summed E-state index contributed by atoms with van der Waals surface area (Å²) in [7, 11) is 0. The van der Waals surface area contributed by atoms with E-state index in [-0.39, 0.29) is 42.9 Å². The zero-order chi connectivity index (χ0) is 31.2. The zero-order valence-corrected chi connectivity index (χ0v) is 23.7. The number of amides is 2. The summed E-state index contributed by atoms with van der Waals surface area (Å²) in [4.78, 5) is 32.6. The summed E-state index contributed by atoms with van der Waals surface area (Å²) in [5, 5.41) is 19.3. The maximum absolute atomic E-state index is 13.0. The highest BCUT2D eigenvalue weighted by atomic mass is 79.9. The Bertz CT molecular complexity index is 1500. The second-order valence-electron chi connectivity index (χ2n) is 8.44. The van der Waals surface area contributed by atoms with Gasteiger partial charge in [-0.15, -0.1) is 0 Å². The SMILES string of the molecule is C=Cc1cnc(N2C(=O)C(Cl)=C(C)C2O)cc1C(F)(F)F.CC1=C(Cl)C(=O)N(c2cc(C(F)(F)F)c(Br)cn2)C1O. The van der Waals surface area contributed by atoms with Crippen LogP contribution in [0, 0.1) is 0 Å². The van der Waals surface area contributed by atoms with E-state index >= 15 is 0 Å². The summed E-state index contributed by atoms with van der Waals surface area (Å²) in [6.07, 6.45) is -9.25. The van der Waals surface area contributed by atoms with Crippen LogP contribution in [0.25, 0.3) is 6.08 Å². The lowest BCUT2D eigenvalue weighted by atomic mass is 10.1. The molecular weight excluding hydrogens is 673 g/mol. The third-order valence-electron chi connectivity index (χ3n) is 5.85. The molecule has 0 bridgehead atoms. The largest absolute Gasteiger partial charge is 0.417 e. The first-order chi connectivity index (χ1) is 18.8. The lowest BCUT2D eigenvalue weighted by molar-refractivity contribution is -0.138. The second kappa shape index (κ2) is 11.7. The van der Waals surface area contributed by atoms with Gasteiger partial charge in [-0.1, -0.05) is 35.9 Å². The van der Waals surface area contributed by atoms with Crippen LogP contribution in [0.3, 0.4) is 0 Å². The molecule has 0 aliphatic carbocycles. The molecule has 2 aromatic heterocycles. The number of aromatic nitrogens is 2. The minimum atomic E-state index is -4.64. The van der Waals surface area contributed by atoms with Crippen molar-refractivity contribution in [3.05, 3.63) is 73.5 Å². The van der Waals surface area contributed by atoms with Crippen molar-refractivity contribution < 1.29 is 46.1 Å². The molecule has 2 aliphatic rings. The topological polar surface area (TPSA) is 107 Å². The molecule has 2 unspecified atom stereocenters. The number of anilines is 2. The van der Waals surface area contributed by atoms with Gasteiger partial charge in [0, 0.05) is 33.6 Å². The normalized spacial score (nSPS) is 19.7. The number of nitrogens with zero attached hydrogens (tertiary/aromatic N) is 4. The third-order valence-corrected chi connectivity index (χ3v) is 7.41. The van der Waals surface area contributed by atoms with E-state index < -0.39 is 47.7 Å². The van der Waals surface area contributed by atoms with Gasteiger partial charge in [0.2, 0.25) is 0 Å². The molecule has 0 aromatic carbocycles. The number of aliphatic hydroxyl groups is 2. The Morgan fingerprint density at radius 3 is 1.59 bits per heavy atom. The van der Waals surface area contributed by atoms with Crippen LogP contribution >= 0.6 is 39.1 Å². The van der Waals surface area contributed by atoms with Gasteiger partial charge in [0.05, 0.1) is 11.1 Å². The molecule has 0 fully saturated rings. The highest BCUT2D eigenvalue weighted by Crippen LogP contribution is 2.39. The number of hydrogen-bond acceptors (Lipinski definition) is 6. The Morgan fingerprint density at radius 1 is 0.854 bits per heavy atom. The van der Waals surface area contributed by atoms with Crippen LogP contribution in [-0.2, 0) is 21.9 Å². The quantitative estimate of drug-likeness (QED) is 0.386. The fourth-order valence-electron chi connectivity index (χ4n) is 3.62. The molecule has 8 nitrogen and oxygen atoms in total. The Hall–Kier alpha value is -2.98. The van der Waals surface area contributed by atoms with Gasteiger partial charge >= 0.3 is 12.4 Å². The standard InChI is InChI=1S/C13H10ClF3N2O2.C11H7BrClF3N2O2/c1-3-7-5-18-9(4-8(7)13(15,16)17)19-11(20)6(2)10(14)12(19)21;1-4-8(13)10(20)18(9(4)19)7-2-5(11(14,15)16)6(12)3-17-7/h3-5,11,20H,1H2,2H3;2-3,9,19H,1H3. The smallest absolute Gasteiger partial charge is 0.369 e. The van der Waals surface area contributed by atoms with Gasteiger partial charge < -0.3 is 10.2 Å². The van der Waals surface area contributed by atoms with E-state index in [0.29, 0.717) is 21.9 Å². The summed E-state index contributed by atoms with van der Waals surface area (Å²) in [6, 6.07) is 1.36. The fourth-order valence-corrected chi connectivity index (χ4v) is 4.43. The number of aliphatic hydroxyl groups excluding tert-OH is 2. The molecule has 4 rings (SSSR count). The molecule has 0 saturated carbocycles. The predicted molar refractivity (Wildman–Crippen MR) is 140 cm³/mol. The molecule has 0 radical (unpaired) electrons. The van der Waals surface area contributed by atoms with E-state index in [9.17, 15) is 46.1 Å². The van der Waals surface area contributed by atoms with E-state index in [4.69, 9.17) is 23.2 Å². The molecule has 4 heterocycles. The van der Waals surface area contributed by atoms with Crippen LogP contribution in [0.1, 0.15) is 30.5 Å². The van der Waals surface area contributed by atoms with Crippen LogP contribution in [0.5, 0.6) is 0 Å². The van der Waals surface area contributed by atoms with E-state index in [1.165, 1.54) is 13.8 Å². The van der Waals surface area contributed by atoms with Crippen molar-refractivity contribution in [3.63, 3.8) is 0 Å². The van der Waals surface area contributed by atoms with Gasteiger partial charge in [0.25, 0.3) is 11.8 Å². The molecule has 2 N–H and O–H groups in total. The molecule has 2 amide bonds. The van der Waals surface area contributed by atoms with E-state index in [1.807, 2.05) is 0 Å². The van der Waals surface area contributed by atoms with E-state index in [2.05, 4.69) is 32.5 Å². The summed E-state index contributed by atoms with van der Waals surface area (Å²) in [5.74, 6) is -2.25. The molecule has 17 heteroatoms. The van der Waals surface area contributed by atoms with Crippen molar-refractivity contribution in [2.24, 2.45) is 0 Å². The molecule has 2 aliphatic heterocycles. The number of carbonyl (C=O) groups excluding carboxylic acids is 2. The number of halogens is 9. The first-order valence-corrected chi connectivity index (χ1v) is 12.6. The number of alkyl halides is 6. The maximum atomic E-state index is 13.0. The Balaban J connectivity index is 0.000000226. The van der Waals surface area contributed by atoms with Crippen LogP contribution in [-0.4, -0.2) is 44.5 Å². The van der Waals surface area contributed by atoms with Gasteiger partial charge in [0.15, 0.2) is 12.5 Å². The second-order valence-corrected chi connectivity index (χ2v) is 10.1. The maximum Gasteiger partial charge on any atom is 0.417 e. The fraction of sp³-hybridized carbons (Fsp3) is 0.250. The van der Waals surface area contributed by atoms with Gasteiger partial charge in [-0.25, -0.2) is 9.97 Å². The van der Waals surface area contributed by atoms with Crippen molar-refractivity contribution in [2.75, 3.05) is 9.80 Å². The Morgan fingerprint density at radius 2 is 1.24 bits per heavy atom. The number of rotatable bonds is 3. The molecule has 2 atom stereocenters. The summed E-state index contributed by atoms with van der Waals surface area (Å²) in [5.41, 5.74) is -1.89. The lowest BCUT2D eigenvalue weighted by Crippen LogP contribution is -2.36. The minimum absolute atomic E-state index is 0.157. The minimum Gasteiger partial charge on any atom is -0.369 e. The first-order valence-electron chi connectivity index (χ1n) is 11.0. The average molecular weight is 690 g/mol. The first kappa shape index (κ1) is 32.5. The molecule has 2 aromatic rings. The molecule has 0 saturated heterocycles. The van der Waals surface area contributed by atoms with Crippen molar-refractivity contribution in [1.82, 2.24) is 9.97 Å². The van der Waals surface area contributed by atoms with Crippen molar-refractivity contribution >= 4 is 68.7 Å². The van der Waals surface area contributed by atoms with Crippen LogP contribution < -0.4 is 9.80 Å². The Labute approximate surface area is 246 Å². The summed E-state index contributed by atoms with van der Waals surface area (Å²) >= 11 is 14.1. The molecular formula is C24H17BrCl2F6N4O4. The lowest BCUT2D eigenvalue weighted by Gasteiger charge is -2.22. The van der Waals surface area contributed by atoms with Crippen molar-refractivity contribution in [2.45, 2.75) is 38.7 Å². The van der Waals surface area contributed by atoms with Crippen LogP contribution in [0.4, 0.5) is 38.0 Å². The number of carbonyl (C=O) groups is 2. The van der Waals surface area contributed by atoms with Crippen LogP contribution in [0.2, 0.25) is 0 Å². The third kappa shape index (κ3) is 6.28. The highest BCUT2D eigenvalue weighted by molar-refractivity contribution is 9.10. The number of pyridine rings is 2. The zero-order valence-electron chi connectivity index (χ0n) is 20.7.